The number of nitrogens with zero attached hydrogens (tertiary/aromatic N) is 1. The standard InChI is InChI=1S/C16H15FN2/c1-12(15-7-2-3-8-16(15)17)19-11-14-6-4-5-13(9-14)10-18/h2-9,12,19H,11H2,1H3/t12-/m0/s1. The van der Waals surface area contributed by atoms with Gasteiger partial charge in [-0.1, -0.05) is 30.3 Å². The van der Waals surface area contributed by atoms with Gasteiger partial charge in [0.25, 0.3) is 0 Å². The van der Waals surface area contributed by atoms with E-state index in [1.165, 1.54) is 6.07 Å². The van der Waals surface area contributed by atoms with Crippen LogP contribution in [-0.2, 0) is 6.54 Å². The molecular weight excluding hydrogens is 239 g/mol. The van der Waals surface area contributed by atoms with Crippen molar-refractivity contribution in [1.82, 2.24) is 5.32 Å². The van der Waals surface area contributed by atoms with Crippen molar-refractivity contribution in [2.24, 2.45) is 0 Å². The summed E-state index contributed by atoms with van der Waals surface area (Å²) < 4.78 is 13.6. The lowest BCUT2D eigenvalue weighted by Gasteiger charge is -2.15. The third-order valence-corrected chi connectivity index (χ3v) is 3.04. The van der Waals surface area contributed by atoms with Crippen LogP contribution >= 0.6 is 0 Å². The van der Waals surface area contributed by atoms with E-state index in [9.17, 15) is 4.39 Å². The van der Waals surface area contributed by atoms with Gasteiger partial charge < -0.3 is 5.32 Å². The zero-order valence-electron chi connectivity index (χ0n) is 10.7. The van der Waals surface area contributed by atoms with Crippen LogP contribution in [0, 0.1) is 17.1 Å². The largest absolute Gasteiger partial charge is 0.306 e. The highest BCUT2D eigenvalue weighted by molar-refractivity contribution is 5.32. The Morgan fingerprint density at radius 3 is 2.74 bits per heavy atom. The number of nitrogens with one attached hydrogen (secondary N) is 1. The summed E-state index contributed by atoms with van der Waals surface area (Å²) in [5, 5.41) is 12.1. The van der Waals surface area contributed by atoms with Crippen molar-refractivity contribution in [3.8, 4) is 6.07 Å². The van der Waals surface area contributed by atoms with Gasteiger partial charge in [0, 0.05) is 18.2 Å². The average Bonchev–Trinajstić information content (AvgIpc) is 2.45. The molecule has 19 heavy (non-hydrogen) atoms. The molecular formula is C16H15FN2. The molecule has 0 bridgehead atoms. The summed E-state index contributed by atoms with van der Waals surface area (Å²) in [4.78, 5) is 0. The number of benzene rings is 2. The number of rotatable bonds is 4. The molecule has 1 N–H and O–H groups in total. The molecule has 2 nitrogen and oxygen atoms in total. The molecule has 0 heterocycles. The Morgan fingerprint density at radius 1 is 1.21 bits per heavy atom. The van der Waals surface area contributed by atoms with Gasteiger partial charge in [0.1, 0.15) is 5.82 Å². The summed E-state index contributed by atoms with van der Waals surface area (Å²) in [7, 11) is 0. The number of hydrogen-bond acceptors (Lipinski definition) is 2. The third-order valence-electron chi connectivity index (χ3n) is 3.04. The quantitative estimate of drug-likeness (QED) is 0.905. The zero-order valence-corrected chi connectivity index (χ0v) is 10.7. The zero-order chi connectivity index (χ0) is 13.7. The van der Waals surface area contributed by atoms with Crippen molar-refractivity contribution in [3.05, 3.63) is 71.0 Å². The summed E-state index contributed by atoms with van der Waals surface area (Å²) in [6.45, 7) is 2.53. The van der Waals surface area contributed by atoms with Crippen LogP contribution in [0.4, 0.5) is 4.39 Å². The normalized spacial score (nSPS) is 11.8. The van der Waals surface area contributed by atoms with Gasteiger partial charge in [-0.3, -0.25) is 0 Å². The van der Waals surface area contributed by atoms with Crippen molar-refractivity contribution in [2.75, 3.05) is 0 Å². The summed E-state index contributed by atoms with van der Waals surface area (Å²) in [5.41, 5.74) is 2.30. The molecule has 0 aromatic heterocycles. The molecule has 0 aliphatic rings. The number of halogens is 1. The predicted molar refractivity (Wildman–Crippen MR) is 72.8 cm³/mol. The van der Waals surface area contributed by atoms with E-state index in [0.29, 0.717) is 17.7 Å². The summed E-state index contributed by atoms with van der Waals surface area (Å²) in [5.74, 6) is -0.201. The molecule has 0 saturated carbocycles. The van der Waals surface area contributed by atoms with Gasteiger partial charge in [0.15, 0.2) is 0 Å². The minimum absolute atomic E-state index is 0.0769. The molecule has 2 aromatic rings. The van der Waals surface area contributed by atoms with Crippen molar-refractivity contribution in [1.29, 1.82) is 5.26 Å². The van der Waals surface area contributed by atoms with Crippen LogP contribution in [0.15, 0.2) is 48.5 Å². The third kappa shape index (κ3) is 3.40. The van der Waals surface area contributed by atoms with Crippen LogP contribution in [0.2, 0.25) is 0 Å². The minimum atomic E-state index is -0.201. The second-order valence-electron chi connectivity index (χ2n) is 4.44. The number of hydrogen-bond donors (Lipinski definition) is 1. The maximum absolute atomic E-state index is 13.6. The predicted octanol–water partition coefficient (Wildman–Crippen LogP) is 3.55. The smallest absolute Gasteiger partial charge is 0.127 e. The van der Waals surface area contributed by atoms with E-state index >= 15 is 0 Å². The molecule has 2 aromatic carbocycles. The van der Waals surface area contributed by atoms with Gasteiger partial charge in [0.05, 0.1) is 11.6 Å². The van der Waals surface area contributed by atoms with Gasteiger partial charge >= 0.3 is 0 Å². The summed E-state index contributed by atoms with van der Waals surface area (Å²) in [6, 6.07) is 16.2. The molecule has 0 aliphatic carbocycles. The molecule has 2 rings (SSSR count). The highest BCUT2D eigenvalue weighted by Gasteiger charge is 2.09. The summed E-state index contributed by atoms with van der Waals surface area (Å²) >= 11 is 0. The van der Waals surface area contributed by atoms with Crippen LogP contribution in [0.3, 0.4) is 0 Å². The topological polar surface area (TPSA) is 35.8 Å². The lowest BCUT2D eigenvalue weighted by atomic mass is 10.1. The van der Waals surface area contributed by atoms with E-state index in [1.54, 1.807) is 18.2 Å². The van der Waals surface area contributed by atoms with Crippen LogP contribution in [0.5, 0.6) is 0 Å². The first-order valence-corrected chi connectivity index (χ1v) is 6.17. The van der Waals surface area contributed by atoms with E-state index in [0.717, 1.165) is 5.56 Å². The van der Waals surface area contributed by atoms with Gasteiger partial charge in [-0.15, -0.1) is 0 Å². The average molecular weight is 254 g/mol. The second kappa shape index (κ2) is 6.12. The fourth-order valence-electron chi connectivity index (χ4n) is 1.96. The van der Waals surface area contributed by atoms with Crippen LogP contribution in [0.1, 0.15) is 29.7 Å². The Kier molecular flexibility index (Phi) is 4.27. The molecule has 0 amide bonds. The van der Waals surface area contributed by atoms with Gasteiger partial charge in [0.2, 0.25) is 0 Å². The molecule has 0 aliphatic heterocycles. The van der Waals surface area contributed by atoms with E-state index < -0.39 is 0 Å². The first kappa shape index (κ1) is 13.3. The highest BCUT2D eigenvalue weighted by Crippen LogP contribution is 2.16. The number of nitriles is 1. The maximum atomic E-state index is 13.6. The van der Waals surface area contributed by atoms with Crippen molar-refractivity contribution >= 4 is 0 Å². The minimum Gasteiger partial charge on any atom is -0.306 e. The monoisotopic (exact) mass is 254 g/mol. The van der Waals surface area contributed by atoms with E-state index in [1.807, 2.05) is 31.2 Å². The lowest BCUT2D eigenvalue weighted by molar-refractivity contribution is 0.528. The van der Waals surface area contributed by atoms with Gasteiger partial charge in [-0.25, -0.2) is 4.39 Å². The summed E-state index contributed by atoms with van der Waals surface area (Å²) in [6.07, 6.45) is 0. The molecule has 3 heteroatoms. The fraction of sp³-hybridized carbons (Fsp3) is 0.188. The van der Waals surface area contributed by atoms with Gasteiger partial charge in [-0.05, 0) is 30.7 Å². The van der Waals surface area contributed by atoms with Crippen molar-refractivity contribution < 1.29 is 4.39 Å². The first-order valence-electron chi connectivity index (χ1n) is 6.17. The van der Waals surface area contributed by atoms with E-state index in [4.69, 9.17) is 5.26 Å². The molecule has 0 spiro atoms. The Hall–Kier alpha value is -2.18. The van der Waals surface area contributed by atoms with Crippen molar-refractivity contribution in [3.63, 3.8) is 0 Å². The first-order chi connectivity index (χ1) is 9.20. The molecule has 0 saturated heterocycles. The Balaban J connectivity index is 2.03. The fourth-order valence-corrected chi connectivity index (χ4v) is 1.96. The van der Waals surface area contributed by atoms with Crippen LogP contribution < -0.4 is 5.32 Å². The highest BCUT2D eigenvalue weighted by atomic mass is 19.1. The Bertz CT molecular complexity index is 602. The SMILES string of the molecule is C[C@H](NCc1cccc(C#N)c1)c1ccccc1F. The molecule has 0 unspecified atom stereocenters. The van der Waals surface area contributed by atoms with E-state index in [2.05, 4.69) is 11.4 Å². The van der Waals surface area contributed by atoms with Crippen LogP contribution in [0.25, 0.3) is 0 Å². The Labute approximate surface area is 112 Å². The second-order valence-corrected chi connectivity index (χ2v) is 4.44. The van der Waals surface area contributed by atoms with E-state index in [-0.39, 0.29) is 11.9 Å². The molecule has 0 fully saturated rings. The Morgan fingerprint density at radius 2 is 2.00 bits per heavy atom. The van der Waals surface area contributed by atoms with Gasteiger partial charge in [-0.2, -0.15) is 5.26 Å². The molecule has 96 valence electrons. The van der Waals surface area contributed by atoms with Crippen molar-refractivity contribution in [2.45, 2.75) is 19.5 Å². The van der Waals surface area contributed by atoms with Crippen LogP contribution in [-0.4, -0.2) is 0 Å². The maximum Gasteiger partial charge on any atom is 0.127 e. The molecule has 1 atom stereocenters. The lowest BCUT2D eigenvalue weighted by Crippen LogP contribution is -2.19. The molecule has 0 radical (unpaired) electrons.